The highest BCUT2D eigenvalue weighted by atomic mass is 16.6. The fourth-order valence-electron chi connectivity index (χ4n) is 5.70. The zero-order chi connectivity index (χ0) is 18.7. The van der Waals surface area contributed by atoms with Crippen molar-refractivity contribution in [2.75, 3.05) is 6.61 Å². The SMILES string of the molecule is C[C@@H]1CC[C@@]23COC(=O)C2=C[C@H](O)C[C@@H]3[C@@]1(C)CCC1=CC(=O)O[C@@H]1O. The molecule has 26 heavy (non-hydrogen) atoms. The van der Waals surface area contributed by atoms with Gasteiger partial charge in [0.1, 0.15) is 6.61 Å². The number of carbonyl (C=O) groups is 2. The summed E-state index contributed by atoms with van der Waals surface area (Å²) < 4.78 is 10.2. The Labute approximate surface area is 152 Å². The molecule has 0 amide bonds. The first-order valence-corrected chi connectivity index (χ1v) is 9.43. The molecule has 1 spiro atoms. The molecule has 0 aromatic rings. The summed E-state index contributed by atoms with van der Waals surface area (Å²) in [5.74, 6) is -0.274. The number of carbonyl (C=O) groups excluding carboxylic acids is 2. The van der Waals surface area contributed by atoms with Gasteiger partial charge in [-0.15, -0.1) is 0 Å². The maximum absolute atomic E-state index is 12.2. The van der Waals surface area contributed by atoms with Crippen molar-refractivity contribution in [3.05, 3.63) is 23.3 Å². The largest absolute Gasteiger partial charge is 0.461 e. The standard InChI is InChI=1S/C20H26O6/c1-11-3-6-20-10-25-18(24)14(20)8-13(21)9-15(20)19(11,2)5-4-12-7-16(22)26-17(12)23/h7-8,11,13,15,17,21,23H,3-6,9-10H2,1-2H3/t11-,13+,15-,17+,19+,20-/m1/s1. The predicted octanol–water partition coefficient (Wildman–Crippen LogP) is 1.85. The lowest BCUT2D eigenvalue weighted by Crippen LogP contribution is -2.53. The molecule has 6 atom stereocenters. The minimum absolute atomic E-state index is 0.121. The summed E-state index contributed by atoms with van der Waals surface area (Å²) in [5, 5.41) is 20.3. The third-order valence-corrected chi connectivity index (χ3v) is 7.47. The number of aliphatic hydroxyl groups excluding tert-OH is 2. The van der Waals surface area contributed by atoms with Crippen molar-refractivity contribution in [1.82, 2.24) is 0 Å². The Morgan fingerprint density at radius 3 is 2.77 bits per heavy atom. The lowest BCUT2D eigenvalue weighted by atomic mass is 9.46. The maximum Gasteiger partial charge on any atom is 0.334 e. The highest BCUT2D eigenvalue weighted by Gasteiger charge is 2.61. The second-order valence-electron chi connectivity index (χ2n) is 8.62. The molecule has 2 aliphatic heterocycles. The van der Waals surface area contributed by atoms with Gasteiger partial charge in [0.05, 0.1) is 6.10 Å². The smallest absolute Gasteiger partial charge is 0.334 e. The van der Waals surface area contributed by atoms with Crippen LogP contribution >= 0.6 is 0 Å². The third-order valence-electron chi connectivity index (χ3n) is 7.47. The van der Waals surface area contributed by atoms with E-state index in [0.29, 0.717) is 36.5 Å². The molecule has 0 radical (unpaired) electrons. The maximum atomic E-state index is 12.2. The Kier molecular flexibility index (Phi) is 4.04. The van der Waals surface area contributed by atoms with Gasteiger partial charge in [0, 0.05) is 22.6 Å². The number of rotatable bonds is 3. The molecule has 2 aliphatic carbocycles. The summed E-state index contributed by atoms with van der Waals surface area (Å²) >= 11 is 0. The molecule has 0 unspecified atom stereocenters. The predicted molar refractivity (Wildman–Crippen MR) is 91.5 cm³/mol. The van der Waals surface area contributed by atoms with Crippen molar-refractivity contribution < 1.29 is 29.3 Å². The van der Waals surface area contributed by atoms with E-state index in [9.17, 15) is 19.8 Å². The zero-order valence-corrected chi connectivity index (χ0v) is 15.2. The van der Waals surface area contributed by atoms with Crippen LogP contribution in [0.3, 0.4) is 0 Å². The first-order chi connectivity index (χ1) is 12.3. The monoisotopic (exact) mass is 362 g/mol. The fourth-order valence-corrected chi connectivity index (χ4v) is 5.70. The number of hydrogen-bond donors (Lipinski definition) is 2. The molecule has 0 bridgehead atoms. The molecule has 4 rings (SSSR count). The minimum atomic E-state index is -1.15. The lowest BCUT2D eigenvalue weighted by molar-refractivity contribution is -0.151. The average molecular weight is 362 g/mol. The molecule has 2 heterocycles. The van der Waals surface area contributed by atoms with Gasteiger partial charge in [-0.2, -0.15) is 0 Å². The minimum Gasteiger partial charge on any atom is -0.461 e. The van der Waals surface area contributed by atoms with Gasteiger partial charge in [-0.1, -0.05) is 13.8 Å². The Hall–Kier alpha value is -1.66. The van der Waals surface area contributed by atoms with Gasteiger partial charge in [-0.25, -0.2) is 9.59 Å². The Morgan fingerprint density at radius 2 is 2.08 bits per heavy atom. The Bertz CT molecular complexity index is 709. The van der Waals surface area contributed by atoms with Crippen LogP contribution in [0.4, 0.5) is 0 Å². The topological polar surface area (TPSA) is 93.1 Å². The van der Waals surface area contributed by atoms with E-state index in [1.54, 1.807) is 6.08 Å². The van der Waals surface area contributed by atoms with Gasteiger partial charge in [0.2, 0.25) is 6.29 Å². The van der Waals surface area contributed by atoms with Crippen LogP contribution in [0.25, 0.3) is 0 Å². The summed E-state index contributed by atoms with van der Waals surface area (Å²) in [6.45, 7) is 4.83. The molecule has 1 saturated heterocycles. The normalized spacial score (nSPS) is 44.6. The van der Waals surface area contributed by atoms with Crippen molar-refractivity contribution in [2.45, 2.75) is 58.3 Å². The zero-order valence-electron chi connectivity index (χ0n) is 15.2. The van der Waals surface area contributed by atoms with Gasteiger partial charge in [-0.3, -0.25) is 0 Å². The lowest BCUT2D eigenvalue weighted by Gasteiger charge is -2.57. The van der Waals surface area contributed by atoms with Gasteiger partial charge in [0.25, 0.3) is 0 Å². The highest BCUT2D eigenvalue weighted by molar-refractivity contribution is 5.93. The summed E-state index contributed by atoms with van der Waals surface area (Å²) in [5.41, 5.74) is 0.804. The summed E-state index contributed by atoms with van der Waals surface area (Å²) in [6.07, 6.45) is 5.08. The number of ether oxygens (including phenoxy) is 2. The van der Waals surface area contributed by atoms with Gasteiger partial charge in [-0.05, 0) is 55.4 Å². The summed E-state index contributed by atoms with van der Waals surface area (Å²) in [6, 6.07) is 0. The molecule has 2 N–H and O–H groups in total. The first kappa shape index (κ1) is 17.7. The Balaban J connectivity index is 1.64. The molecule has 6 heteroatoms. The van der Waals surface area contributed by atoms with E-state index in [0.717, 1.165) is 19.3 Å². The summed E-state index contributed by atoms with van der Waals surface area (Å²) in [7, 11) is 0. The van der Waals surface area contributed by atoms with Crippen LogP contribution in [0.15, 0.2) is 23.3 Å². The molecule has 2 fully saturated rings. The summed E-state index contributed by atoms with van der Waals surface area (Å²) in [4.78, 5) is 23.6. The molecule has 1 saturated carbocycles. The number of cyclic esters (lactones) is 2. The van der Waals surface area contributed by atoms with Crippen LogP contribution in [0.5, 0.6) is 0 Å². The van der Waals surface area contributed by atoms with Gasteiger partial charge < -0.3 is 19.7 Å². The molecule has 142 valence electrons. The molecule has 4 aliphatic rings. The van der Waals surface area contributed by atoms with Crippen molar-refractivity contribution in [3.63, 3.8) is 0 Å². The molecular weight excluding hydrogens is 336 g/mol. The van der Waals surface area contributed by atoms with Crippen LogP contribution in [0.2, 0.25) is 0 Å². The number of esters is 2. The van der Waals surface area contributed by atoms with E-state index in [-0.39, 0.29) is 22.7 Å². The third kappa shape index (κ3) is 2.46. The van der Waals surface area contributed by atoms with Gasteiger partial charge in [0.15, 0.2) is 0 Å². The van der Waals surface area contributed by atoms with E-state index < -0.39 is 18.4 Å². The molecule has 6 nitrogen and oxygen atoms in total. The van der Waals surface area contributed by atoms with Crippen LogP contribution < -0.4 is 0 Å². The molecular formula is C20H26O6. The van der Waals surface area contributed by atoms with E-state index in [2.05, 4.69) is 13.8 Å². The highest BCUT2D eigenvalue weighted by Crippen LogP contribution is 2.64. The quantitative estimate of drug-likeness (QED) is 0.745. The second-order valence-corrected chi connectivity index (χ2v) is 8.62. The fraction of sp³-hybridized carbons (Fsp3) is 0.700. The van der Waals surface area contributed by atoms with E-state index in [4.69, 9.17) is 9.47 Å². The van der Waals surface area contributed by atoms with E-state index in [1.807, 2.05) is 0 Å². The van der Waals surface area contributed by atoms with E-state index >= 15 is 0 Å². The van der Waals surface area contributed by atoms with Crippen LogP contribution in [-0.2, 0) is 19.1 Å². The second kappa shape index (κ2) is 5.92. The van der Waals surface area contributed by atoms with Crippen LogP contribution in [0.1, 0.15) is 46.0 Å². The van der Waals surface area contributed by atoms with E-state index in [1.165, 1.54) is 6.08 Å². The van der Waals surface area contributed by atoms with Gasteiger partial charge >= 0.3 is 11.9 Å². The number of hydrogen-bond acceptors (Lipinski definition) is 6. The van der Waals surface area contributed by atoms with Crippen molar-refractivity contribution in [3.8, 4) is 0 Å². The first-order valence-electron chi connectivity index (χ1n) is 9.43. The van der Waals surface area contributed by atoms with Crippen molar-refractivity contribution in [1.29, 1.82) is 0 Å². The number of aliphatic hydroxyl groups is 2. The Morgan fingerprint density at radius 1 is 1.31 bits per heavy atom. The van der Waals surface area contributed by atoms with Crippen LogP contribution in [0, 0.1) is 22.7 Å². The average Bonchev–Trinajstić information content (AvgIpc) is 3.09. The van der Waals surface area contributed by atoms with Crippen LogP contribution in [-0.4, -0.2) is 41.2 Å². The molecule has 0 aromatic carbocycles. The van der Waals surface area contributed by atoms with Crippen molar-refractivity contribution in [2.24, 2.45) is 22.7 Å². The molecule has 0 aromatic heterocycles. The van der Waals surface area contributed by atoms with Crippen molar-refractivity contribution >= 4 is 11.9 Å².